The highest BCUT2D eigenvalue weighted by Gasteiger charge is 2.14. The number of nitrogens with one attached hydrogen (secondary N) is 2. The highest BCUT2D eigenvalue weighted by molar-refractivity contribution is 5.94. The van der Waals surface area contributed by atoms with Crippen molar-refractivity contribution in [2.24, 2.45) is 0 Å². The third-order valence-electron chi connectivity index (χ3n) is 4.06. The van der Waals surface area contributed by atoms with Gasteiger partial charge in [-0.3, -0.25) is 9.69 Å². The normalized spacial score (nSPS) is 15.0. The quantitative estimate of drug-likeness (QED) is 0.797. The van der Waals surface area contributed by atoms with Crippen LogP contribution in [0, 0.1) is 0 Å². The number of benzene rings is 1. The number of methoxy groups -OCH3 is 1. The molecule has 0 saturated heterocycles. The summed E-state index contributed by atoms with van der Waals surface area (Å²) in [5.74, 6) is 0.603. The van der Waals surface area contributed by atoms with Crippen molar-refractivity contribution in [3.63, 3.8) is 0 Å². The van der Waals surface area contributed by atoms with Crippen molar-refractivity contribution in [3.8, 4) is 5.75 Å². The zero-order chi connectivity index (χ0) is 16.8. The molecular weight excluding hydrogens is 304 g/mol. The second-order valence-electron chi connectivity index (χ2n) is 5.85. The van der Waals surface area contributed by atoms with Gasteiger partial charge in [-0.1, -0.05) is 12.1 Å². The van der Waals surface area contributed by atoms with Crippen LogP contribution in [0.1, 0.15) is 22.5 Å². The van der Waals surface area contributed by atoms with Crippen molar-refractivity contribution < 1.29 is 9.53 Å². The third-order valence-corrected chi connectivity index (χ3v) is 4.06. The number of carbonyl (C=O) groups excluding carboxylic acids is 1. The first kappa shape index (κ1) is 16.3. The monoisotopic (exact) mass is 326 g/mol. The lowest BCUT2D eigenvalue weighted by molar-refractivity contribution is 0.0955. The van der Waals surface area contributed by atoms with E-state index in [0.717, 1.165) is 31.7 Å². The SMILES string of the molecule is COc1cccc(C(=O)NCC2=CCCN(Cc3cnc[nH]3)C2)c1. The molecule has 2 aromatic rings. The highest BCUT2D eigenvalue weighted by atomic mass is 16.5. The summed E-state index contributed by atoms with van der Waals surface area (Å²) in [6.07, 6.45) is 6.76. The van der Waals surface area contributed by atoms with E-state index in [1.54, 1.807) is 25.6 Å². The fourth-order valence-electron chi connectivity index (χ4n) is 2.82. The van der Waals surface area contributed by atoms with E-state index in [4.69, 9.17) is 4.74 Å². The number of rotatable bonds is 6. The Morgan fingerprint density at radius 3 is 3.17 bits per heavy atom. The molecule has 1 aliphatic rings. The van der Waals surface area contributed by atoms with Gasteiger partial charge in [0, 0.05) is 43.6 Å². The molecule has 24 heavy (non-hydrogen) atoms. The third kappa shape index (κ3) is 4.23. The van der Waals surface area contributed by atoms with Gasteiger partial charge in [-0.05, 0) is 30.2 Å². The minimum Gasteiger partial charge on any atom is -0.497 e. The summed E-state index contributed by atoms with van der Waals surface area (Å²) in [5, 5.41) is 2.99. The highest BCUT2D eigenvalue weighted by Crippen LogP contribution is 2.14. The Kier molecular flexibility index (Phi) is 5.28. The summed E-state index contributed by atoms with van der Waals surface area (Å²) >= 11 is 0. The Bertz CT molecular complexity index is 710. The summed E-state index contributed by atoms with van der Waals surface area (Å²) in [4.78, 5) is 21.8. The van der Waals surface area contributed by atoms with Gasteiger partial charge in [-0.2, -0.15) is 0 Å². The largest absolute Gasteiger partial charge is 0.497 e. The fraction of sp³-hybridized carbons (Fsp3) is 0.333. The van der Waals surface area contributed by atoms with Gasteiger partial charge >= 0.3 is 0 Å². The first-order chi connectivity index (χ1) is 11.7. The smallest absolute Gasteiger partial charge is 0.251 e. The van der Waals surface area contributed by atoms with Gasteiger partial charge in [0.25, 0.3) is 5.91 Å². The van der Waals surface area contributed by atoms with Crippen LogP contribution < -0.4 is 10.1 Å². The maximum atomic E-state index is 12.3. The Hall–Kier alpha value is -2.60. The summed E-state index contributed by atoms with van der Waals surface area (Å²) in [7, 11) is 1.60. The predicted octanol–water partition coefficient (Wildman–Crippen LogP) is 1.98. The van der Waals surface area contributed by atoms with Gasteiger partial charge in [0.1, 0.15) is 5.75 Å². The molecular formula is C18H22N4O2. The minimum absolute atomic E-state index is 0.0829. The molecule has 6 nitrogen and oxygen atoms in total. The predicted molar refractivity (Wildman–Crippen MR) is 91.9 cm³/mol. The Balaban J connectivity index is 1.52. The lowest BCUT2D eigenvalue weighted by Crippen LogP contribution is -2.34. The lowest BCUT2D eigenvalue weighted by Gasteiger charge is -2.26. The topological polar surface area (TPSA) is 70.2 Å². The molecule has 6 heteroatoms. The molecule has 0 spiro atoms. The first-order valence-corrected chi connectivity index (χ1v) is 8.04. The van der Waals surface area contributed by atoms with E-state index in [-0.39, 0.29) is 5.91 Å². The van der Waals surface area contributed by atoms with E-state index < -0.39 is 0 Å². The van der Waals surface area contributed by atoms with E-state index in [0.29, 0.717) is 17.9 Å². The van der Waals surface area contributed by atoms with Gasteiger partial charge in [0.2, 0.25) is 0 Å². The van der Waals surface area contributed by atoms with Crippen LogP contribution in [0.4, 0.5) is 0 Å². The van der Waals surface area contributed by atoms with Crippen LogP contribution in [0.3, 0.4) is 0 Å². The van der Waals surface area contributed by atoms with Gasteiger partial charge in [0.05, 0.1) is 13.4 Å². The molecule has 1 aromatic carbocycles. The summed E-state index contributed by atoms with van der Waals surface area (Å²) in [5.41, 5.74) is 2.95. The number of nitrogens with zero attached hydrogens (tertiary/aromatic N) is 2. The number of hydrogen-bond donors (Lipinski definition) is 2. The number of amides is 1. The number of carbonyl (C=O) groups is 1. The van der Waals surface area contributed by atoms with Gasteiger partial charge in [-0.15, -0.1) is 0 Å². The molecule has 0 unspecified atom stereocenters. The van der Waals surface area contributed by atoms with Crippen LogP contribution in [0.2, 0.25) is 0 Å². The number of aromatic nitrogens is 2. The van der Waals surface area contributed by atoms with Crippen LogP contribution in [-0.4, -0.2) is 47.5 Å². The first-order valence-electron chi connectivity index (χ1n) is 8.04. The number of ether oxygens (including phenoxy) is 1. The van der Waals surface area contributed by atoms with Crippen LogP contribution in [0.15, 0.2) is 48.4 Å². The molecule has 1 amide bonds. The second kappa shape index (κ2) is 7.79. The molecule has 1 aliphatic heterocycles. The molecule has 126 valence electrons. The fourth-order valence-corrected chi connectivity index (χ4v) is 2.82. The van der Waals surface area contributed by atoms with Crippen LogP contribution in [-0.2, 0) is 6.54 Å². The zero-order valence-corrected chi connectivity index (χ0v) is 13.8. The molecule has 3 rings (SSSR count). The van der Waals surface area contributed by atoms with Crippen molar-refractivity contribution >= 4 is 5.91 Å². The van der Waals surface area contributed by atoms with Crippen molar-refractivity contribution in [1.82, 2.24) is 20.2 Å². The minimum atomic E-state index is -0.0829. The molecule has 0 atom stereocenters. The number of H-pyrrole nitrogens is 1. The standard InChI is InChI=1S/C18H22N4O2/c1-24-17-6-2-5-15(8-17)18(23)20-9-14-4-3-7-22(11-14)12-16-10-19-13-21-16/h2,4-6,8,10,13H,3,7,9,11-12H2,1H3,(H,19,21)(H,20,23). The van der Waals surface area contributed by atoms with Crippen molar-refractivity contribution in [3.05, 3.63) is 59.7 Å². The number of hydrogen-bond acceptors (Lipinski definition) is 4. The zero-order valence-electron chi connectivity index (χ0n) is 13.8. The van der Waals surface area contributed by atoms with Crippen molar-refractivity contribution in [1.29, 1.82) is 0 Å². The summed E-state index contributed by atoms with van der Waals surface area (Å²) in [6.45, 7) is 3.29. The molecule has 1 aromatic heterocycles. The average molecular weight is 326 g/mol. The van der Waals surface area contributed by atoms with Gasteiger partial charge in [-0.25, -0.2) is 4.98 Å². The van der Waals surface area contributed by atoms with Crippen LogP contribution >= 0.6 is 0 Å². The maximum Gasteiger partial charge on any atom is 0.251 e. The molecule has 0 fully saturated rings. The molecule has 0 radical (unpaired) electrons. The van der Waals surface area contributed by atoms with E-state index >= 15 is 0 Å². The van der Waals surface area contributed by atoms with E-state index in [2.05, 4.69) is 26.3 Å². The molecule has 0 aliphatic carbocycles. The van der Waals surface area contributed by atoms with E-state index in [1.807, 2.05) is 18.3 Å². The van der Waals surface area contributed by atoms with E-state index in [1.165, 1.54) is 5.57 Å². The summed E-state index contributed by atoms with van der Waals surface area (Å²) < 4.78 is 5.16. The average Bonchev–Trinajstić information content (AvgIpc) is 3.13. The number of aromatic amines is 1. The maximum absolute atomic E-state index is 12.3. The van der Waals surface area contributed by atoms with Crippen LogP contribution in [0.5, 0.6) is 5.75 Å². The Morgan fingerprint density at radius 1 is 1.46 bits per heavy atom. The van der Waals surface area contributed by atoms with Gasteiger partial charge < -0.3 is 15.0 Å². The lowest BCUT2D eigenvalue weighted by atomic mass is 10.1. The molecule has 0 bridgehead atoms. The molecule has 0 saturated carbocycles. The van der Waals surface area contributed by atoms with Crippen molar-refractivity contribution in [2.75, 3.05) is 26.7 Å². The van der Waals surface area contributed by atoms with Crippen molar-refractivity contribution in [2.45, 2.75) is 13.0 Å². The molecule has 2 heterocycles. The molecule has 2 N–H and O–H groups in total. The second-order valence-corrected chi connectivity index (χ2v) is 5.85. The number of imidazole rings is 1. The Labute approximate surface area is 141 Å². The van der Waals surface area contributed by atoms with Crippen LogP contribution in [0.25, 0.3) is 0 Å². The Morgan fingerprint density at radius 2 is 2.38 bits per heavy atom. The van der Waals surface area contributed by atoms with Gasteiger partial charge in [0.15, 0.2) is 0 Å². The summed E-state index contributed by atoms with van der Waals surface area (Å²) in [6, 6.07) is 7.18. The van der Waals surface area contributed by atoms with E-state index in [9.17, 15) is 4.79 Å².